The van der Waals surface area contributed by atoms with Crippen LogP contribution in [0.2, 0.25) is 0 Å². The Labute approximate surface area is 269 Å². The third-order valence-electron chi connectivity index (χ3n) is 8.47. The number of unbranched alkanes of at least 4 members (excludes halogenated alkanes) is 3. The molecule has 0 aromatic heterocycles. The molecule has 9 nitrogen and oxygen atoms in total. The molecule has 1 aromatic rings. The highest BCUT2D eigenvalue weighted by atomic mass is 32.2. The Morgan fingerprint density at radius 3 is 2.44 bits per heavy atom. The largest absolute Gasteiger partial charge is 0.467 e. The molecule has 1 fully saturated rings. The van der Waals surface area contributed by atoms with E-state index >= 15 is 0 Å². The molecule has 0 saturated carbocycles. The Kier molecular flexibility index (Phi) is 12.6. The van der Waals surface area contributed by atoms with Crippen LogP contribution in [0.1, 0.15) is 84.6 Å². The van der Waals surface area contributed by atoms with Crippen molar-refractivity contribution in [2.75, 3.05) is 19.4 Å². The molecule has 0 radical (unpaired) electrons. The van der Waals surface area contributed by atoms with Gasteiger partial charge in [0.2, 0.25) is 5.91 Å². The van der Waals surface area contributed by atoms with Crippen LogP contribution < -0.4 is 5.32 Å². The second-order valence-corrected chi connectivity index (χ2v) is 15.4. The number of nitrogens with one attached hydrogen (secondary N) is 1. The summed E-state index contributed by atoms with van der Waals surface area (Å²) in [6.45, 7) is 10.6. The minimum absolute atomic E-state index is 0.0780. The summed E-state index contributed by atoms with van der Waals surface area (Å²) in [6.07, 6.45) is 11.2. The Hall–Kier alpha value is -3.40. The van der Waals surface area contributed by atoms with Crippen molar-refractivity contribution in [3.05, 3.63) is 66.8 Å². The minimum atomic E-state index is -3.80. The molecule has 1 aromatic carbocycles. The van der Waals surface area contributed by atoms with Crippen LogP contribution in [-0.4, -0.2) is 73.1 Å². The first-order chi connectivity index (χ1) is 21.3. The van der Waals surface area contributed by atoms with Crippen molar-refractivity contribution in [3.8, 4) is 0 Å². The average molecular weight is 643 g/mol. The van der Waals surface area contributed by atoms with Crippen molar-refractivity contribution >= 4 is 33.4 Å². The standard InChI is InChI=1S/C35H50N2O7S/c1-7-9-10-11-15-18-29(36-33(40)44-34(3,4)5)31(38)37-25-35(45(41,42)23-8-2,24-30(37)32(39)43-6)28-21-19-27(20-22-28)26-16-13-12-14-17-26/h7,12-14,16-17,19-21,28-30H,1,8-11,15,18,22-25H2,2-6H3,(H,36,40)/t28?,29-,30-,35-/m0/s1. The Balaban J connectivity index is 1.99. The highest BCUT2D eigenvalue weighted by Crippen LogP contribution is 2.45. The molecule has 248 valence electrons. The number of alkyl carbamates (subject to hydrolysis) is 1. The number of esters is 1. The van der Waals surface area contributed by atoms with Crippen molar-refractivity contribution in [1.29, 1.82) is 0 Å². The fourth-order valence-electron chi connectivity index (χ4n) is 6.25. The molecule has 1 aliphatic heterocycles. The quantitative estimate of drug-likeness (QED) is 0.150. The lowest BCUT2D eigenvalue weighted by Crippen LogP contribution is -2.54. The normalized spacial score (nSPS) is 22.3. The number of nitrogens with zero attached hydrogens (tertiary/aromatic N) is 1. The topological polar surface area (TPSA) is 119 Å². The second kappa shape index (κ2) is 15.7. The Morgan fingerprint density at radius 2 is 1.87 bits per heavy atom. The van der Waals surface area contributed by atoms with Gasteiger partial charge >= 0.3 is 12.1 Å². The zero-order chi connectivity index (χ0) is 33.3. The van der Waals surface area contributed by atoms with Crippen LogP contribution in [0.25, 0.3) is 5.57 Å². The molecule has 2 aliphatic rings. The Bertz CT molecular complexity index is 1360. The molecule has 45 heavy (non-hydrogen) atoms. The summed E-state index contributed by atoms with van der Waals surface area (Å²) in [6, 6.07) is 7.71. The smallest absolute Gasteiger partial charge is 0.408 e. The molecule has 1 unspecified atom stereocenters. The van der Waals surface area contributed by atoms with Gasteiger partial charge in [-0.25, -0.2) is 18.0 Å². The number of hydrogen-bond donors (Lipinski definition) is 1. The predicted octanol–water partition coefficient (Wildman–Crippen LogP) is 6.01. The first kappa shape index (κ1) is 36.1. The number of carbonyl (C=O) groups excluding carboxylic acids is 3. The number of carbonyl (C=O) groups is 3. The third-order valence-corrected chi connectivity index (χ3v) is 11.3. The van der Waals surface area contributed by atoms with E-state index in [4.69, 9.17) is 9.47 Å². The SMILES string of the molecule is C=CCCCCC[C@H](NC(=O)OC(C)(C)C)C(=O)N1C[C@@](C2C=CC(c3ccccc3)=CC2)(S(=O)(=O)CCC)C[C@H]1C(=O)OC. The molecule has 0 spiro atoms. The first-order valence-corrected chi connectivity index (χ1v) is 17.6. The van der Waals surface area contributed by atoms with Gasteiger partial charge in [0.25, 0.3) is 0 Å². The van der Waals surface area contributed by atoms with Crippen molar-refractivity contribution < 1.29 is 32.3 Å². The molecular formula is C35H50N2O7S. The van der Waals surface area contributed by atoms with Crippen LogP contribution in [-0.2, 0) is 28.9 Å². The van der Waals surface area contributed by atoms with E-state index in [0.29, 0.717) is 25.7 Å². The molecule has 1 aliphatic carbocycles. The lowest BCUT2D eigenvalue weighted by molar-refractivity contribution is -0.151. The molecule has 1 N–H and O–H groups in total. The molecule has 2 amide bonds. The number of amides is 2. The van der Waals surface area contributed by atoms with Crippen LogP contribution in [0.4, 0.5) is 4.79 Å². The van der Waals surface area contributed by atoms with Crippen LogP contribution >= 0.6 is 0 Å². The van der Waals surface area contributed by atoms with Crippen molar-refractivity contribution in [1.82, 2.24) is 10.2 Å². The van der Waals surface area contributed by atoms with Gasteiger partial charge in [-0.05, 0) is 64.0 Å². The number of benzene rings is 1. The summed E-state index contributed by atoms with van der Waals surface area (Å²) in [7, 11) is -2.57. The van der Waals surface area contributed by atoms with E-state index in [1.165, 1.54) is 12.0 Å². The summed E-state index contributed by atoms with van der Waals surface area (Å²) in [4.78, 5) is 41.7. The summed E-state index contributed by atoms with van der Waals surface area (Å²) >= 11 is 0. The van der Waals surface area contributed by atoms with Gasteiger partial charge in [0.1, 0.15) is 17.7 Å². The van der Waals surface area contributed by atoms with Gasteiger partial charge in [-0.2, -0.15) is 0 Å². The monoisotopic (exact) mass is 642 g/mol. The second-order valence-electron chi connectivity index (χ2n) is 12.9. The number of methoxy groups -OCH3 is 1. The number of likely N-dealkylation sites (tertiary alicyclic amines) is 1. The van der Waals surface area contributed by atoms with E-state index in [9.17, 15) is 22.8 Å². The summed E-state index contributed by atoms with van der Waals surface area (Å²) in [5.74, 6) is -1.75. The molecule has 1 heterocycles. The van der Waals surface area contributed by atoms with Crippen molar-refractivity contribution in [2.45, 2.75) is 101 Å². The highest BCUT2D eigenvalue weighted by Gasteiger charge is 2.59. The third kappa shape index (κ3) is 9.08. The Morgan fingerprint density at radius 1 is 1.16 bits per heavy atom. The zero-order valence-corrected chi connectivity index (χ0v) is 28.2. The maximum Gasteiger partial charge on any atom is 0.408 e. The molecule has 3 rings (SSSR count). The van der Waals surface area contributed by atoms with E-state index in [1.807, 2.05) is 54.6 Å². The summed E-state index contributed by atoms with van der Waals surface area (Å²) < 4.78 is 37.5. The van der Waals surface area contributed by atoms with Crippen molar-refractivity contribution in [3.63, 3.8) is 0 Å². The lowest BCUT2D eigenvalue weighted by atomic mass is 9.82. The van der Waals surface area contributed by atoms with Gasteiger partial charge in [0.05, 0.1) is 17.6 Å². The van der Waals surface area contributed by atoms with Gasteiger partial charge in [0.15, 0.2) is 9.84 Å². The number of rotatable bonds is 14. The van der Waals surface area contributed by atoms with Gasteiger partial charge in [-0.15, -0.1) is 6.58 Å². The summed E-state index contributed by atoms with van der Waals surface area (Å²) in [5, 5.41) is 2.72. The number of sulfone groups is 1. The predicted molar refractivity (Wildman–Crippen MR) is 177 cm³/mol. The average Bonchev–Trinajstić information content (AvgIpc) is 3.42. The molecule has 10 heteroatoms. The lowest BCUT2D eigenvalue weighted by Gasteiger charge is -2.36. The van der Waals surface area contributed by atoms with E-state index in [1.54, 1.807) is 27.7 Å². The van der Waals surface area contributed by atoms with Gasteiger partial charge < -0.3 is 19.7 Å². The van der Waals surface area contributed by atoms with E-state index in [2.05, 4.69) is 11.9 Å². The van der Waals surface area contributed by atoms with Gasteiger partial charge in [0, 0.05) is 18.9 Å². The van der Waals surface area contributed by atoms with E-state index in [-0.39, 0.29) is 18.7 Å². The maximum atomic E-state index is 14.3. The minimum Gasteiger partial charge on any atom is -0.467 e. The number of ether oxygens (including phenoxy) is 2. The number of allylic oxidation sites excluding steroid dienone is 5. The number of hydrogen-bond acceptors (Lipinski definition) is 7. The zero-order valence-electron chi connectivity index (χ0n) is 27.4. The van der Waals surface area contributed by atoms with E-state index < -0.39 is 56.2 Å². The van der Waals surface area contributed by atoms with Crippen molar-refractivity contribution in [2.24, 2.45) is 5.92 Å². The van der Waals surface area contributed by atoms with Gasteiger partial charge in [-0.1, -0.05) is 74.4 Å². The summed E-state index contributed by atoms with van der Waals surface area (Å²) in [5.41, 5.74) is 1.23. The first-order valence-electron chi connectivity index (χ1n) is 15.9. The molecular weight excluding hydrogens is 592 g/mol. The van der Waals surface area contributed by atoms with E-state index in [0.717, 1.165) is 30.4 Å². The fourth-order valence-corrected chi connectivity index (χ4v) is 8.58. The molecule has 0 bridgehead atoms. The van der Waals surface area contributed by atoms with Crippen LogP contribution in [0, 0.1) is 5.92 Å². The maximum absolute atomic E-state index is 14.3. The molecule has 1 saturated heterocycles. The highest BCUT2D eigenvalue weighted by molar-refractivity contribution is 7.92. The van der Waals surface area contributed by atoms with Crippen LogP contribution in [0.3, 0.4) is 0 Å². The van der Waals surface area contributed by atoms with Crippen LogP contribution in [0.5, 0.6) is 0 Å². The van der Waals surface area contributed by atoms with Crippen LogP contribution in [0.15, 0.2) is 61.2 Å². The van der Waals surface area contributed by atoms with Gasteiger partial charge in [-0.3, -0.25) is 4.79 Å². The fraction of sp³-hybridized carbons (Fsp3) is 0.571. The molecule has 4 atom stereocenters.